The summed E-state index contributed by atoms with van der Waals surface area (Å²) in [4.78, 5) is 4.41. The van der Waals surface area contributed by atoms with Gasteiger partial charge in [0, 0.05) is 25.8 Å². The van der Waals surface area contributed by atoms with Crippen LogP contribution in [0.15, 0.2) is 4.99 Å². The Labute approximate surface area is 111 Å². The summed E-state index contributed by atoms with van der Waals surface area (Å²) in [6.45, 7) is 4.57. The molecule has 0 heterocycles. The largest absolute Gasteiger partial charge is 0.381 e. The van der Waals surface area contributed by atoms with Crippen molar-refractivity contribution in [2.24, 2.45) is 10.8 Å². The van der Waals surface area contributed by atoms with Crippen molar-refractivity contribution in [2.45, 2.75) is 57.9 Å². The predicted octanol–water partition coefficient (Wildman–Crippen LogP) is 1.54. The van der Waals surface area contributed by atoms with Gasteiger partial charge in [-0.25, -0.2) is 5.84 Å². The smallest absolute Gasteiger partial charge is 0.205 e. The maximum absolute atomic E-state index is 5.48. The van der Waals surface area contributed by atoms with Gasteiger partial charge in [-0.1, -0.05) is 26.2 Å². The van der Waals surface area contributed by atoms with Gasteiger partial charge in [0.25, 0.3) is 0 Å². The lowest BCUT2D eigenvalue weighted by atomic mass is 10.2. The molecule has 18 heavy (non-hydrogen) atoms. The van der Waals surface area contributed by atoms with E-state index in [1.807, 2.05) is 0 Å². The third-order valence-electron chi connectivity index (χ3n) is 3.19. The summed E-state index contributed by atoms with van der Waals surface area (Å²) < 4.78 is 5.48. The Bertz CT molecular complexity index is 227. The van der Waals surface area contributed by atoms with E-state index in [2.05, 4.69) is 22.7 Å². The summed E-state index contributed by atoms with van der Waals surface area (Å²) in [5, 5.41) is 3.35. The molecule has 0 spiro atoms. The summed E-state index contributed by atoms with van der Waals surface area (Å²) in [6, 6.07) is 0.542. The molecule has 0 radical (unpaired) electrons. The van der Waals surface area contributed by atoms with Crippen molar-refractivity contribution < 1.29 is 4.74 Å². The third-order valence-corrected chi connectivity index (χ3v) is 3.19. The number of hydrogen-bond acceptors (Lipinski definition) is 3. The second-order valence-corrected chi connectivity index (χ2v) is 4.82. The van der Waals surface area contributed by atoms with Crippen molar-refractivity contribution in [3.8, 4) is 0 Å². The molecule has 106 valence electrons. The number of unbranched alkanes of at least 4 members (excludes halogenated alkanes) is 1. The van der Waals surface area contributed by atoms with Crippen molar-refractivity contribution in [1.82, 2.24) is 10.7 Å². The van der Waals surface area contributed by atoms with E-state index in [1.54, 1.807) is 0 Å². The molecule has 0 atom stereocenters. The lowest BCUT2D eigenvalue weighted by molar-refractivity contribution is 0.130. The molecule has 5 heteroatoms. The Morgan fingerprint density at radius 1 is 1.28 bits per heavy atom. The minimum Gasteiger partial charge on any atom is -0.381 e. The second kappa shape index (κ2) is 10.1. The summed E-state index contributed by atoms with van der Waals surface area (Å²) in [7, 11) is 0. The first-order valence-electron chi connectivity index (χ1n) is 7.22. The molecule has 0 aromatic carbocycles. The molecule has 0 aromatic rings. The van der Waals surface area contributed by atoms with Gasteiger partial charge in [0.1, 0.15) is 0 Å². The number of nitrogens with two attached hydrogens (primary N) is 1. The van der Waals surface area contributed by atoms with E-state index >= 15 is 0 Å². The SMILES string of the molecule is CCCCOCCCN=C(NN)NC1CCCC1. The van der Waals surface area contributed by atoms with Gasteiger partial charge in [0.2, 0.25) is 5.96 Å². The highest BCUT2D eigenvalue weighted by atomic mass is 16.5. The zero-order valence-electron chi connectivity index (χ0n) is 11.6. The van der Waals surface area contributed by atoms with Crippen LogP contribution in [0.1, 0.15) is 51.9 Å². The molecule has 1 aliphatic rings. The fraction of sp³-hybridized carbons (Fsp3) is 0.923. The summed E-state index contributed by atoms with van der Waals surface area (Å²) in [5.74, 6) is 6.17. The van der Waals surface area contributed by atoms with Gasteiger partial charge in [-0.3, -0.25) is 10.4 Å². The van der Waals surface area contributed by atoms with Gasteiger partial charge < -0.3 is 10.1 Å². The highest BCUT2D eigenvalue weighted by Crippen LogP contribution is 2.17. The Morgan fingerprint density at radius 3 is 2.67 bits per heavy atom. The van der Waals surface area contributed by atoms with E-state index in [0.717, 1.165) is 38.6 Å². The van der Waals surface area contributed by atoms with Crippen molar-refractivity contribution in [1.29, 1.82) is 0 Å². The minimum atomic E-state index is 0.542. The molecule has 0 aliphatic heterocycles. The molecule has 0 aromatic heterocycles. The average Bonchev–Trinajstić information content (AvgIpc) is 2.89. The lowest BCUT2D eigenvalue weighted by Gasteiger charge is -2.14. The van der Waals surface area contributed by atoms with E-state index in [0.29, 0.717) is 6.04 Å². The molecule has 1 aliphatic carbocycles. The molecule has 1 fully saturated rings. The van der Waals surface area contributed by atoms with E-state index in [-0.39, 0.29) is 0 Å². The van der Waals surface area contributed by atoms with Crippen molar-refractivity contribution >= 4 is 5.96 Å². The molecule has 5 nitrogen and oxygen atoms in total. The van der Waals surface area contributed by atoms with E-state index in [9.17, 15) is 0 Å². The average molecular weight is 256 g/mol. The Balaban J connectivity index is 2.05. The van der Waals surface area contributed by atoms with Crippen LogP contribution in [0.2, 0.25) is 0 Å². The molecule has 0 saturated heterocycles. The quantitative estimate of drug-likeness (QED) is 0.202. The van der Waals surface area contributed by atoms with Gasteiger partial charge in [-0.05, 0) is 25.7 Å². The number of hydrazine groups is 1. The monoisotopic (exact) mass is 256 g/mol. The van der Waals surface area contributed by atoms with Crippen LogP contribution < -0.4 is 16.6 Å². The van der Waals surface area contributed by atoms with Gasteiger partial charge in [-0.15, -0.1) is 0 Å². The number of rotatable bonds is 8. The number of nitrogens with one attached hydrogen (secondary N) is 2. The van der Waals surface area contributed by atoms with Crippen LogP contribution >= 0.6 is 0 Å². The van der Waals surface area contributed by atoms with Gasteiger partial charge in [0.05, 0.1) is 0 Å². The molecule has 4 N–H and O–H groups in total. The topological polar surface area (TPSA) is 71.7 Å². The first kappa shape index (κ1) is 15.2. The first-order chi connectivity index (χ1) is 8.86. The number of ether oxygens (including phenoxy) is 1. The van der Waals surface area contributed by atoms with Crippen LogP contribution in [-0.4, -0.2) is 31.8 Å². The molecule has 0 amide bonds. The van der Waals surface area contributed by atoms with Gasteiger partial charge in [0.15, 0.2) is 0 Å². The van der Waals surface area contributed by atoms with Gasteiger partial charge in [-0.2, -0.15) is 0 Å². The Morgan fingerprint density at radius 2 is 2.00 bits per heavy atom. The minimum absolute atomic E-state index is 0.542. The van der Waals surface area contributed by atoms with Crippen LogP contribution in [0.4, 0.5) is 0 Å². The third kappa shape index (κ3) is 6.81. The molecular formula is C13H28N4O. The van der Waals surface area contributed by atoms with Crippen molar-refractivity contribution in [3.63, 3.8) is 0 Å². The Kier molecular flexibility index (Phi) is 8.59. The first-order valence-corrected chi connectivity index (χ1v) is 7.22. The van der Waals surface area contributed by atoms with Crippen LogP contribution in [0.5, 0.6) is 0 Å². The van der Waals surface area contributed by atoms with Crippen LogP contribution in [-0.2, 0) is 4.74 Å². The van der Waals surface area contributed by atoms with Crippen LogP contribution in [0, 0.1) is 0 Å². The molecule has 0 bridgehead atoms. The molecular weight excluding hydrogens is 228 g/mol. The molecule has 1 saturated carbocycles. The predicted molar refractivity (Wildman–Crippen MR) is 75.4 cm³/mol. The van der Waals surface area contributed by atoms with Crippen molar-refractivity contribution in [3.05, 3.63) is 0 Å². The van der Waals surface area contributed by atoms with Crippen molar-refractivity contribution in [2.75, 3.05) is 19.8 Å². The second-order valence-electron chi connectivity index (χ2n) is 4.82. The summed E-state index contributed by atoms with van der Waals surface area (Å²) in [6.07, 6.45) is 8.33. The standard InChI is InChI=1S/C13H28N4O/c1-2-3-10-18-11-6-9-15-13(17-14)16-12-7-4-5-8-12/h12H,2-11,14H2,1H3,(H2,15,16,17). The highest BCUT2D eigenvalue weighted by Gasteiger charge is 2.15. The lowest BCUT2D eigenvalue weighted by Crippen LogP contribution is -2.45. The fourth-order valence-electron chi connectivity index (χ4n) is 2.10. The summed E-state index contributed by atoms with van der Waals surface area (Å²) in [5.41, 5.74) is 2.64. The van der Waals surface area contributed by atoms with Crippen LogP contribution in [0.25, 0.3) is 0 Å². The maximum atomic E-state index is 5.48. The highest BCUT2D eigenvalue weighted by molar-refractivity contribution is 5.79. The zero-order chi connectivity index (χ0) is 13.1. The van der Waals surface area contributed by atoms with E-state index in [1.165, 1.54) is 32.1 Å². The summed E-state index contributed by atoms with van der Waals surface area (Å²) >= 11 is 0. The number of hydrogen-bond donors (Lipinski definition) is 3. The van der Waals surface area contributed by atoms with E-state index in [4.69, 9.17) is 10.6 Å². The molecule has 1 rings (SSSR count). The molecule has 0 unspecified atom stereocenters. The number of aliphatic imine (C=N–C) groups is 1. The normalized spacial score (nSPS) is 17.1. The number of nitrogens with zero attached hydrogens (tertiary/aromatic N) is 1. The van der Waals surface area contributed by atoms with Gasteiger partial charge >= 0.3 is 0 Å². The van der Waals surface area contributed by atoms with E-state index < -0.39 is 0 Å². The number of guanidine groups is 1. The van der Waals surface area contributed by atoms with Crippen LogP contribution in [0.3, 0.4) is 0 Å². The Hall–Kier alpha value is -0.810. The fourth-order valence-corrected chi connectivity index (χ4v) is 2.10. The zero-order valence-corrected chi connectivity index (χ0v) is 11.6. The maximum Gasteiger partial charge on any atom is 0.205 e.